The SMILES string of the molecule is COc1ccc(OC)c(-c2cc(C(=O)N3C4CCC3CC(n3nccn3)C4)n(C)n2)c1. The third-order valence-electron chi connectivity index (χ3n) is 6.49. The number of piperidine rings is 1. The zero-order chi connectivity index (χ0) is 21.5. The topological polar surface area (TPSA) is 87.3 Å². The molecule has 9 heteroatoms. The smallest absolute Gasteiger partial charge is 0.272 e. The third-order valence-corrected chi connectivity index (χ3v) is 6.49. The first kappa shape index (κ1) is 19.6. The van der Waals surface area contributed by atoms with Gasteiger partial charge < -0.3 is 14.4 Å². The Kier molecular flexibility index (Phi) is 4.88. The number of hydrogen-bond donors (Lipinski definition) is 0. The highest BCUT2D eigenvalue weighted by Crippen LogP contribution is 2.41. The van der Waals surface area contributed by atoms with Gasteiger partial charge in [-0.05, 0) is 49.9 Å². The molecular weight excluding hydrogens is 396 g/mol. The number of aryl methyl sites for hydroxylation is 1. The molecule has 31 heavy (non-hydrogen) atoms. The first-order chi connectivity index (χ1) is 15.1. The van der Waals surface area contributed by atoms with E-state index in [1.807, 2.05) is 31.3 Å². The number of nitrogens with zero attached hydrogens (tertiary/aromatic N) is 6. The average Bonchev–Trinajstić information content (AvgIpc) is 3.51. The van der Waals surface area contributed by atoms with Crippen LogP contribution in [0.25, 0.3) is 11.3 Å². The summed E-state index contributed by atoms with van der Waals surface area (Å²) in [5, 5.41) is 13.2. The number of fused-ring (bicyclic) bond motifs is 2. The van der Waals surface area contributed by atoms with E-state index in [-0.39, 0.29) is 24.0 Å². The second kappa shape index (κ2) is 7.72. The summed E-state index contributed by atoms with van der Waals surface area (Å²) in [5.41, 5.74) is 2.06. The second-order valence-electron chi connectivity index (χ2n) is 8.18. The van der Waals surface area contributed by atoms with Gasteiger partial charge in [0, 0.05) is 24.7 Å². The molecule has 162 valence electrons. The summed E-state index contributed by atoms with van der Waals surface area (Å²) < 4.78 is 12.5. The van der Waals surface area contributed by atoms with Crippen LogP contribution < -0.4 is 9.47 Å². The molecule has 3 aromatic rings. The van der Waals surface area contributed by atoms with Gasteiger partial charge in [-0.1, -0.05) is 0 Å². The number of hydrogen-bond acceptors (Lipinski definition) is 6. The highest BCUT2D eigenvalue weighted by molar-refractivity contribution is 5.94. The van der Waals surface area contributed by atoms with Crippen LogP contribution in [0.5, 0.6) is 11.5 Å². The van der Waals surface area contributed by atoms with Crippen molar-refractivity contribution in [2.45, 2.75) is 43.8 Å². The number of carbonyl (C=O) groups excluding carboxylic acids is 1. The first-order valence-electron chi connectivity index (χ1n) is 10.5. The van der Waals surface area contributed by atoms with E-state index in [2.05, 4.69) is 20.2 Å². The normalized spacial score (nSPS) is 22.5. The first-order valence-corrected chi connectivity index (χ1v) is 10.5. The Labute approximate surface area is 180 Å². The van der Waals surface area contributed by atoms with Crippen molar-refractivity contribution in [3.63, 3.8) is 0 Å². The molecule has 2 fully saturated rings. The van der Waals surface area contributed by atoms with Crippen molar-refractivity contribution in [1.29, 1.82) is 0 Å². The Morgan fingerprint density at radius 3 is 2.35 bits per heavy atom. The van der Waals surface area contributed by atoms with Crippen LogP contribution in [-0.2, 0) is 7.05 Å². The fraction of sp³-hybridized carbons (Fsp3) is 0.455. The van der Waals surface area contributed by atoms with E-state index in [1.54, 1.807) is 36.1 Å². The van der Waals surface area contributed by atoms with Crippen LogP contribution in [0.1, 0.15) is 42.2 Å². The summed E-state index contributed by atoms with van der Waals surface area (Å²) in [6, 6.07) is 8.06. The molecule has 5 rings (SSSR count). The Balaban J connectivity index is 1.42. The van der Waals surface area contributed by atoms with E-state index in [0.29, 0.717) is 22.9 Å². The Bertz CT molecular complexity index is 1080. The minimum absolute atomic E-state index is 0.0301. The summed E-state index contributed by atoms with van der Waals surface area (Å²) >= 11 is 0. The lowest BCUT2D eigenvalue weighted by atomic mass is 9.97. The lowest BCUT2D eigenvalue weighted by molar-refractivity contribution is 0.0501. The van der Waals surface area contributed by atoms with Gasteiger partial charge in [-0.2, -0.15) is 20.1 Å². The average molecular weight is 422 g/mol. The minimum atomic E-state index is 0.0301. The lowest BCUT2D eigenvalue weighted by Gasteiger charge is -2.38. The largest absolute Gasteiger partial charge is 0.497 e. The van der Waals surface area contributed by atoms with Crippen molar-refractivity contribution >= 4 is 5.91 Å². The number of methoxy groups -OCH3 is 2. The summed E-state index contributed by atoms with van der Waals surface area (Å²) in [6.45, 7) is 0. The highest BCUT2D eigenvalue weighted by atomic mass is 16.5. The van der Waals surface area contributed by atoms with Crippen LogP contribution in [0.15, 0.2) is 36.7 Å². The van der Waals surface area contributed by atoms with E-state index in [4.69, 9.17) is 9.47 Å². The van der Waals surface area contributed by atoms with Crippen LogP contribution in [0.3, 0.4) is 0 Å². The fourth-order valence-corrected chi connectivity index (χ4v) is 5.03. The monoisotopic (exact) mass is 422 g/mol. The molecule has 2 bridgehead atoms. The van der Waals surface area contributed by atoms with E-state index in [1.165, 1.54) is 0 Å². The number of ether oxygens (including phenoxy) is 2. The predicted octanol–water partition coefficient (Wildman–Crippen LogP) is 2.70. The standard InChI is InChI=1S/C22H26N6O3/c1-26-20(13-19(25-26)18-12-17(30-2)6-7-21(18)31-3)22(29)27-14-4-5-15(27)11-16(10-14)28-23-8-9-24-28/h6-9,12-16H,4-5,10-11H2,1-3H3. The van der Waals surface area contributed by atoms with E-state index >= 15 is 0 Å². The summed E-state index contributed by atoms with van der Waals surface area (Å²) in [6.07, 6.45) is 7.22. The van der Waals surface area contributed by atoms with Gasteiger partial charge in [0.2, 0.25) is 0 Å². The number of benzene rings is 1. The van der Waals surface area contributed by atoms with Gasteiger partial charge in [0.1, 0.15) is 17.2 Å². The van der Waals surface area contributed by atoms with Gasteiger partial charge in [0.15, 0.2) is 0 Å². The van der Waals surface area contributed by atoms with Crippen LogP contribution in [0, 0.1) is 0 Å². The molecule has 2 unspecified atom stereocenters. The molecule has 0 saturated carbocycles. The molecule has 2 aliphatic heterocycles. The Morgan fingerprint density at radius 2 is 1.71 bits per heavy atom. The van der Waals surface area contributed by atoms with Gasteiger partial charge >= 0.3 is 0 Å². The van der Waals surface area contributed by atoms with E-state index in [0.717, 1.165) is 31.2 Å². The van der Waals surface area contributed by atoms with E-state index in [9.17, 15) is 4.79 Å². The van der Waals surface area contributed by atoms with Gasteiger partial charge in [-0.25, -0.2) is 0 Å². The fourth-order valence-electron chi connectivity index (χ4n) is 5.03. The molecule has 0 radical (unpaired) electrons. The summed E-state index contributed by atoms with van der Waals surface area (Å²) in [7, 11) is 5.06. The molecule has 2 aromatic heterocycles. The highest BCUT2D eigenvalue weighted by Gasteiger charge is 2.45. The van der Waals surface area contributed by atoms with Crippen LogP contribution in [0.4, 0.5) is 0 Å². The molecule has 0 spiro atoms. The molecule has 1 aromatic carbocycles. The minimum Gasteiger partial charge on any atom is -0.497 e. The second-order valence-corrected chi connectivity index (χ2v) is 8.18. The van der Waals surface area contributed by atoms with Gasteiger partial charge in [0.25, 0.3) is 5.91 Å². The molecule has 2 atom stereocenters. The van der Waals surface area contributed by atoms with Crippen LogP contribution >= 0.6 is 0 Å². The van der Waals surface area contributed by atoms with Crippen molar-refractivity contribution in [3.05, 3.63) is 42.4 Å². The zero-order valence-electron chi connectivity index (χ0n) is 17.9. The molecule has 4 heterocycles. The third kappa shape index (κ3) is 3.34. The van der Waals surface area contributed by atoms with Crippen LogP contribution in [-0.4, -0.2) is 61.9 Å². The number of carbonyl (C=O) groups is 1. The molecule has 2 saturated heterocycles. The van der Waals surface area contributed by atoms with Gasteiger partial charge in [-0.3, -0.25) is 9.48 Å². The molecule has 1 amide bonds. The Hall–Kier alpha value is -3.36. The Morgan fingerprint density at radius 1 is 1.00 bits per heavy atom. The van der Waals surface area contributed by atoms with Crippen molar-refractivity contribution in [3.8, 4) is 22.8 Å². The summed E-state index contributed by atoms with van der Waals surface area (Å²) in [4.78, 5) is 17.4. The summed E-state index contributed by atoms with van der Waals surface area (Å²) in [5.74, 6) is 1.43. The molecule has 9 nitrogen and oxygen atoms in total. The molecule has 2 aliphatic rings. The maximum absolute atomic E-state index is 13.6. The lowest BCUT2D eigenvalue weighted by Crippen LogP contribution is -2.47. The van der Waals surface area contributed by atoms with Crippen molar-refractivity contribution in [2.24, 2.45) is 7.05 Å². The van der Waals surface area contributed by atoms with Gasteiger partial charge in [0.05, 0.1) is 38.3 Å². The number of amides is 1. The maximum atomic E-state index is 13.6. The number of aromatic nitrogens is 5. The molecule has 0 N–H and O–H groups in total. The van der Waals surface area contributed by atoms with Crippen LogP contribution in [0.2, 0.25) is 0 Å². The quantitative estimate of drug-likeness (QED) is 0.628. The molecule has 0 aliphatic carbocycles. The van der Waals surface area contributed by atoms with Crippen molar-refractivity contribution in [2.75, 3.05) is 14.2 Å². The van der Waals surface area contributed by atoms with Gasteiger partial charge in [-0.15, -0.1) is 0 Å². The zero-order valence-corrected chi connectivity index (χ0v) is 17.9. The van der Waals surface area contributed by atoms with Crippen molar-refractivity contribution in [1.82, 2.24) is 29.7 Å². The van der Waals surface area contributed by atoms with E-state index < -0.39 is 0 Å². The predicted molar refractivity (Wildman–Crippen MR) is 113 cm³/mol. The van der Waals surface area contributed by atoms with Crippen molar-refractivity contribution < 1.29 is 14.3 Å². The molecular formula is C22H26N6O3. The maximum Gasteiger partial charge on any atom is 0.272 e. The number of rotatable bonds is 5.